The summed E-state index contributed by atoms with van der Waals surface area (Å²) >= 11 is 1.06. The molecule has 19 heavy (non-hydrogen) atoms. The lowest BCUT2D eigenvalue weighted by molar-refractivity contribution is -0.145. The number of likely N-dealkylation sites (N-methyl/N-ethyl adjacent to an activating group) is 1. The second kappa shape index (κ2) is 7.08. The third-order valence-corrected chi connectivity index (χ3v) is 3.25. The summed E-state index contributed by atoms with van der Waals surface area (Å²) in [4.78, 5) is 24.3. The Labute approximate surface area is 113 Å². The second-order valence-corrected chi connectivity index (χ2v) is 4.74. The number of amides is 1. The lowest BCUT2D eigenvalue weighted by Crippen LogP contribution is -2.33. The summed E-state index contributed by atoms with van der Waals surface area (Å²) in [5.41, 5.74) is 0. The van der Waals surface area contributed by atoms with Crippen molar-refractivity contribution in [3.8, 4) is 0 Å². The van der Waals surface area contributed by atoms with Crippen LogP contribution in [0.3, 0.4) is 0 Å². The highest BCUT2D eigenvalue weighted by Crippen LogP contribution is 2.20. The van der Waals surface area contributed by atoms with Gasteiger partial charge in [-0.25, -0.2) is 8.78 Å². The van der Waals surface area contributed by atoms with E-state index in [2.05, 4.69) is 4.74 Å². The zero-order valence-corrected chi connectivity index (χ0v) is 11.3. The van der Waals surface area contributed by atoms with Gasteiger partial charge in [0.05, 0.1) is 12.9 Å². The topological polar surface area (TPSA) is 46.6 Å². The zero-order valence-electron chi connectivity index (χ0n) is 10.5. The van der Waals surface area contributed by atoms with Crippen LogP contribution in [0.2, 0.25) is 0 Å². The summed E-state index contributed by atoms with van der Waals surface area (Å²) in [6, 6.07) is 3.41. The number of carbonyl (C=O) groups is 2. The number of ether oxygens (including phenoxy) is 1. The van der Waals surface area contributed by atoms with Gasteiger partial charge in [0, 0.05) is 11.9 Å². The maximum atomic E-state index is 12.9. The number of halogens is 2. The maximum Gasteiger partial charge on any atom is 0.325 e. The van der Waals surface area contributed by atoms with Crippen LogP contribution in [0.5, 0.6) is 0 Å². The smallest absolute Gasteiger partial charge is 0.325 e. The van der Waals surface area contributed by atoms with Gasteiger partial charge in [0.15, 0.2) is 11.6 Å². The molecule has 1 aromatic carbocycles. The molecule has 0 aliphatic carbocycles. The van der Waals surface area contributed by atoms with Crippen LogP contribution in [-0.2, 0) is 14.3 Å². The number of thioether (sulfide) groups is 1. The van der Waals surface area contributed by atoms with Gasteiger partial charge in [0.2, 0.25) is 5.91 Å². The molecule has 0 N–H and O–H groups in total. The van der Waals surface area contributed by atoms with E-state index < -0.39 is 17.6 Å². The number of methoxy groups -OCH3 is 1. The fraction of sp³-hybridized carbons (Fsp3) is 0.333. The molecule has 0 saturated heterocycles. The van der Waals surface area contributed by atoms with Crippen LogP contribution in [0, 0.1) is 11.6 Å². The summed E-state index contributed by atoms with van der Waals surface area (Å²) in [7, 11) is 2.70. The zero-order chi connectivity index (χ0) is 14.4. The molecule has 1 amide bonds. The fourth-order valence-corrected chi connectivity index (χ4v) is 2.03. The van der Waals surface area contributed by atoms with Gasteiger partial charge in [0.1, 0.15) is 6.54 Å². The summed E-state index contributed by atoms with van der Waals surface area (Å²) in [5, 5.41) is 0. The first-order valence-electron chi connectivity index (χ1n) is 5.32. The third-order valence-electron chi connectivity index (χ3n) is 2.27. The SMILES string of the molecule is COC(=O)CN(C)C(=O)CSc1ccc(F)c(F)c1. The molecule has 0 aliphatic heterocycles. The van der Waals surface area contributed by atoms with E-state index in [-0.39, 0.29) is 18.2 Å². The predicted octanol–water partition coefficient (Wildman–Crippen LogP) is 1.69. The summed E-state index contributed by atoms with van der Waals surface area (Å²) < 4.78 is 30.1. The molecule has 7 heteroatoms. The quantitative estimate of drug-likeness (QED) is 0.611. The van der Waals surface area contributed by atoms with Crippen LogP contribution < -0.4 is 0 Å². The van der Waals surface area contributed by atoms with E-state index in [1.54, 1.807) is 0 Å². The van der Waals surface area contributed by atoms with Crippen molar-refractivity contribution in [2.24, 2.45) is 0 Å². The van der Waals surface area contributed by atoms with Gasteiger partial charge >= 0.3 is 5.97 Å². The monoisotopic (exact) mass is 289 g/mol. The van der Waals surface area contributed by atoms with Crippen molar-refractivity contribution in [3.05, 3.63) is 29.8 Å². The Morgan fingerprint density at radius 3 is 2.58 bits per heavy atom. The van der Waals surface area contributed by atoms with Crippen molar-refractivity contribution < 1.29 is 23.1 Å². The van der Waals surface area contributed by atoms with Crippen molar-refractivity contribution in [2.75, 3.05) is 26.5 Å². The van der Waals surface area contributed by atoms with Crippen LogP contribution in [0.4, 0.5) is 8.78 Å². The molecule has 104 valence electrons. The molecule has 0 aromatic heterocycles. The van der Waals surface area contributed by atoms with Crippen molar-refractivity contribution in [1.29, 1.82) is 0 Å². The Balaban J connectivity index is 2.49. The van der Waals surface area contributed by atoms with E-state index in [4.69, 9.17) is 0 Å². The van der Waals surface area contributed by atoms with E-state index in [0.717, 1.165) is 23.9 Å². The number of hydrogen-bond donors (Lipinski definition) is 0. The molecule has 0 aliphatic rings. The minimum Gasteiger partial charge on any atom is -0.468 e. The molecular formula is C12H13F2NO3S. The number of esters is 1. The molecule has 0 bridgehead atoms. The number of nitrogens with zero attached hydrogens (tertiary/aromatic N) is 1. The Bertz CT molecular complexity index is 482. The van der Waals surface area contributed by atoms with Crippen molar-refractivity contribution in [3.63, 3.8) is 0 Å². The number of rotatable bonds is 5. The number of benzene rings is 1. The van der Waals surface area contributed by atoms with Crippen molar-refractivity contribution in [2.45, 2.75) is 4.90 Å². The first-order valence-corrected chi connectivity index (χ1v) is 6.31. The Morgan fingerprint density at radius 1 is 1.32 bits per heavy atom. The van der Waals surface area contributed by atoms with E-state index in [0.29, 0.717) is 4.90 Å². The molecule has 0 heterocycles. The van der Waals surface area contributed by atoms with Gasteiger partial charge in [0.25, 0.3) is 0 Å². The second-order valence-electron chi connectivity index (χ2n) is 3.69. The molecule has 0 radical (unpaired) electrons. The molecule has 0 spiro atoms. The first kappa shape index (κ1) is 15.4. The van der Waals surface area contributed by atoms with Gasteiger partial charge in [-0.1, -0.05) is 0 Å². The van der Waals surface area contributed by atoms with Crippen LogP contribution in [0.1, 0.15) is 0 Å². The van der Waals surface area contributed by atoms with Crippen LogP contribution in [0.15, 0.2) is 23.1 Å². The van der Waals surface area contributed by atoms with Crippen LogP contribution in [0.25, 0.3) is 0 Å². The Kier molecular flexibility index (Phi) is 5.75. The maximum absolute atomic E-state index is 12.9. The van der Waals surface area contributed by atoms with E-state index >= 15 is 0 Å². The summed E-state index contributed by atoms with van der Waals surface area (Å²) in [5.74, 6) is -2.69. The fourth-order valence-electron chi connectivity index (χ4n) is 1.17. The first-order chi connectivity index (χ1) is 8.93. The molecule has 1 rings (SSSR count). The van der Waals surface area contributed by atoms with Gasteiger partial charge < -0.3 is 9.64 Å². The molecule has 4 nitrogen and oxygen atoms in total. The summed E-state index contributed by atoms with van der Waals surface area (Å²) in [6.45, 7) is -0.145. The predicted molar refractivity (Wildman–Crippen MR) is 66.7 cm³/mol. The molecule has 1 aromatic rings. The average molecular weight is 289 g/mol. The Morgan fingerprint density at radius 2 is 2.00 bits per heavy atom. The largest absolute Gasteiger partial charge is 0.468 e. The average Bonchev–Trinajstić information content (AvgIpc) is 2.39. The van der Waals surface area contributed by atoms with Gasteiger partial charge in [-0.05, 0) is 18.2 Å². The third kappa shape index (κ3) is 4.86. The van der Waals surface area contributed by atoms with Crippen LogP contribution in [-0.4, -0.2) is 43.2 Å². The van der Waals surface area contributed by atoms with E-state index in [1.807, 2.05) is 0 Å². The van der Waals surface area contributed by atoms with Gasteiger partial charge in [-0.15, -0.1) is 11.8 Å². The molecule has 0 unspecified atom stereocenters. The van der Waals surface area contributed by atoms with Gasteiger partial charge in [-0.2, -0.15) is 0 Å². The minimum atomic E-state index is -0.958. The standard InChI is InChI=1S/C12H13F2NO3S/c1-15(6-12(17)18-2)11(16)7-19-8-3-4-9(13)10(14)5-8/h3-5H,6-7H2,1-2H3. The molecule has 0 atom stereocenters. The summed E-state index contributed by atoms with van der Waals surface area (Å²) in [6.07, 6.45) is 0. The highest BCUT2D eigenvalue weighted by atomic mass is 32.2. The highest BCUT2D eigenvalue weighted by Gasteiger charge is 2.13. The Hall–Kier alpha value is -1.63. The van der Waals surface area contributed by atoms with Gasteiger partial charge in [-0.3, -0.25) is 9.59 Å². The minimum absolute atomic E-state index is 0.0264. The number of hydrogen-bond acceptors (Lipinski definition) is 4. The number of carbonyl (C=O) groups excluding carboxylic acids is 2. The molecule has 0 saturated carbocycles. The molecule has 0 fully saturated rings. The molecular weight excluding hydrogens is 276 g/mol. The van der Waals surface area contributed by atoms with Crippen LogP contribution >= 0.6 is 11.8 Å². The normalized spacial score (nSPS) is 10.1. The van der Waals surface area contributed by atoms with Crippen molar-refractivity contribution in [1.82, 2.24) is 4.90 Å². The van der Waals surface area contributed by atoms with Crippen molar-refractivity contribution >= 4 is 23.6 Å². The lowest BCUT2D eigenvalue weighted by atomic mass is 10.3. The highest BCUT2D eigenvalue weighted by molar-refractivity contribution is 8.00. The van der Waals surface area contributed by atoms with E-state index in [1.165, 1.54) is 25.1 Å². The lowest BCUT2D eigenvalue weighted by Gasteiger charge is -2.15. The van der Waals surface area contributed by atoms with E-state index in [9.17, 15) is 18.4 Å².